The third-order valence-electron chi connectivity index (χ3n) is 3.85. The lowest BCUT2D eigenvalue weighted by molar-refractivity contribution is 0.464. The van der Waals surface area contributed by atoms with E-state index >= 15 is 0 Å². The molecule has 3 rings (SSSR count). The van der Waals surface area contributed by atoms with E-state index in [1.165, 1.54) is 17.5 Å². The molecule has 1 heterocycles. The Morgan fingerprint density at radius 2 is 1.67 bits per heavy atom. The zero-order valence-corrected chi connectivity index (χ0v) is 14.0. The van der Waals surface area contributed by atoms with Crippen molar-refractivity contribution in [3.05, 3.63) is 65.5 Å². The molecule has 3 N–H and O–H groups in total. The number of ether oxygens (including phenoxy) is 1. The van der Waals surface area contributed by atoms with Crippen LogP contribution in [0.2, 0.25) is 0 Å². The van der Waals surface area contributed by atoms with Gasteiger partial charge in [0.25, 0.3) is 0 Å². The van der Waals surface area contributed by atoms with Gasteiger partial charge < -0.3 is 15.8 Å². The number of aryl methyl sites for hydroxylation is 3. The van der Waals surface area contributed by atoms with Crippen LogP contribution in [0.5, 0.6) is 11.6 Å². The number of rotatable bonds is 4. The van der Waals surface area contributed by atoms with Crippen molar-refractivity contribution in [3.8, 4) is 11.6 Å². The van der Waals surface area contributed by atoms with Crippen LogP contribution in [0.4, 0.5) is 17.2 Å². The molecule has 0 unspecified atom stereocenters. The van der Waals surface area contributed by atoms with E-state index in [0.29, 0.717) is 23.1 Å². The lowest BCUT2D eigenvalue weighted by Gasteiger charge is -2.12. The Morgan fingerprint density at radius 1 is 0.917 bits per heavy atom. The average Bonchev–Trinajstić information content (AvgIpc) is 2.57. The van der Waals surface area contributed by atoms with Crippen LogP contribution in [0.3, 0.4) is 0 Å². The lowest BCUT2D eigenvalue weighted by atomic mass is 10.1. The van der Waals surface area contributed by atoms with Crippen molar-refractivity contribution in [1.82, 2.24) is 9.97 Å². The number of benzene rings is 2. The van der Waals surface area contributed by atoms with Gasteiger partial charge >= 0.3 is 0 Å². The highest BCUT2D eigenvalue weighted by Crippen LogP contribution is 2.31. The van der Waals surface area contributed by atoms with Crippen LogP contribution < -0.4 is 15.8 Å². The maximum Gasteiger partial charge on any atom is 0.248 e. The summed E-state index contributed by atoms with van der Waals surface area (Å²) in [6.45, 7) is 6.16. The van der Waals surface area contributed by atoms with E-state index in [4.69, 9.17) is 10.5 Å². The SMILES string of the molecule is Cc1ccc(Oc2ncnc(Nc3ccc(C)c(C)c3)c2N)cc1. The quantitative estimate of drug-likeness (QED) is 0.739. The average molecular weight is 320 g/mol. The van der Waals surface area contributed by atoms with E-state index in [9.17, 15) is 0 Å². The Morgan fingerprint density at radius 3 is 2.38 bits per heavy atom. The summed E-state index contributed by atoms with van der Waals surface area (Å²) >= 11 is 0. The minimum Gasteiger partial charge on any atom is -0.437 e. The molecule has 0 amide bonds. The number of nitrogens with zero attached hydrogens (tertiary/aromatic N) is 2. The summed E-state index contributed by atoms with van der Waals surface area (Å²) in [6, 6.07) is 13.8. The van der Waals surface area contributed by atoms with E-state index in [1.807, 2.05) is 37.3 Å². The molecule has 5 nitrogen and oxygen atoms in total. The Labute approximate surface area is 141 Å². The summed E-state index contributed by atoms with van der Waals surface area (Å²) in [7, 11) is 0. The van der Waals surface area contributed by atoms with Gasteiger partial charge in [0.15, 0.2) is 5.82 Å². The minimum atomic E-state index is 0.334. The van der Waals surface area contributed by atoms with Gasteiger partial charge in [-0.2, -0.15) is 4.98 Å². The molecule has 0 aliphatic carbocycles. The van der Waals surface area contributed by atoms with Crippen LogP contribution in [0.15, 0.2) is 48.8 Å². The molecule has 0 spiro atoms. The second-order valence-corrected chi connectivity index (χ2v) is 5.78. The highest BCUT2D eigenvalue weighted by atomic mass is 16.5. The third-order valence-corrected chi connectivity index (χ3v) is 3.85. The first-order valence-electron chi connectivity index (χ1n) is 7.72. The van der Waals surface area contributed by atoms with Gasteiger partial charge in [0.05, 0.1) is 0 Å². The molecule has 1 aromatic heterocycles. The van der Waals surface area contributed by atoms with Gasteiger partial charge in [-0.25, -0.2) is 4.98 Å². The molecule has 0 radical (unpaired) electrons. The zero-order valence-electron chi connectivity index (χ0n) is 14.0. The highest BCUT2D eigenvalue weighted by Gasteiger charge is 2.11. The predicted molar refractivity (Wildman–Crippen MR) is 96.9 cm³/mol. The zero-order chi connectivity index (χ0) is 17.1. The summed E-state index contributed by atoms with van der Waals surface area (Å²) in [4.78, 5) is 8.35. The molecule has 0 saturated carbocycles. The van der Waals surface area contributed by atoms with E-state index < -0.39 is 0 Å². The normalized spacial score (nSPS) is 10.5. The first-order chi connectivity index (χ1) is 11.5. The second kappa shape index (κ2) is 6.58. The number of nitrogen functional groups attached to an aromatic ring is 1. The fraction of sp³-hybridized carbons (Fsp3) is 0.158. The van der Waals surface area contributed by atoms with Gasteiger partial charge in [0, 0.05) is 5.69 Å². The fourth-order valence-corrected chi connectivity index (χ4v) is 2.23. The summed E-state index contributed by atoms with van der Waals surface area (Å²) in [5, 5.41) is 3.22. The Balaban J connectivity index is 1.84. The largest absolute Gasteiger partial charge is 0.437 e. The third kappa shape index (κ3) is 3.46. The van der Waals surface area contributed by atoms with E-state index in [2.05, 4.69) is 41.3 Å². The number of hydrogen-bond acceptors (Lipinski definition) is 5. The van der Waals surface area contributed by atoms with Crippen LogP contribution in [-0.4, -0.2) is 9.97 Å². The molecular formula is C19H20N4O. The second-order valence-electron chi connectivity index (χ2n) is 5.78. The number of anilines is 3. The first kappa shape index (κ1) is 15.8. The van der Waals surface area contributed by atoms with Crippen LogP contribution in [0.25, 0.3) is 0 Å². The summed E-state index contributed by atoms with van der Waals surface area (Å²) in [5.74, 6) is 1.54. The van der Waals surface area contributed by atoms with E-state index in [0.717, 1.165) is 11.3 Å². The molecular weight excluding hydrogens is 300 g/mol. The smallest absolute Gasteiger partial charge is 0.248 e. The standard InChI is InChI=1S/C19H20N4O/c1-12-4-8-16(9-5-12)24-19-17(20)18(21-11-22-19)23-15-7-6-13(2)14(3)10-15/h4-11H,20H2,1-3H3,(H,21,22,23). The Kier molecular flexibility index (Phi) is 4.33. The first-order valence-corrected chi connectivity index (χ1v) is 7.72. The van der Waals surface area contributed by atoms with Crippen molar-refractivity contribution in [2.75, 3.05) is 11.1 Å². The van der Waals surface area contributed by atoms with Crippen molar-refractivity contribution in [2.45, 2.75) is 20.8 Å². The van der Waals surface area contributed by atoms with Gasteiger partial charge in [-0.1, -0.05) is 23.8 Å². The van der Waals surface area contributed by atoms with Crippen molar-refractivity contribution < 1.29 is 4.74 Å². The molecule has 2 aromatic carbocycles. The number of nitrogens with two attached hydrogens (primary N) is 1. The number of hydrogen-bond donors (Lipinski definition) is 2. The molecule has 0 atom stereocenters. The van der Waals surface area contributed by atoms with Gasteiger partial charge in [-0.15, -0.1) is 0 Å². The summed E-state index contributed by atoms with van der Waals surface area (Å²) < 4.78 is 5.77. The van der Waals surface area contributed by atoms with Gasteiger partial charge in [0.1, 0.15) is 17.8 Å². The molecule has 24 heavy (non-hydrogen) atoms. The predicted octanol–water partition coefficient (Wildman–Crippen LogP) is 4.52. The maximum absolute atomic E-state index is 6.16. The van der Waals surface area contributed by atoms with Gasteiger partial charge in [-0.05, 0) is 56.2 Å². The monoisotopic (exact) mass is 320 g/mol. The molecule has 122 valence electrons. The Hall–Kier alpha value is -3.08. The van der Waals surface area contributed by atoms with Crippen LogP contribution in [0, 0.1) is 20.8 Å². The Bertz CT molecular complexity index is 860. The molecule has 0 fully saturated rings. The van der Waals surface area contributed by atoms with Crippen LogP contribution >= 0.6 is 0 Å². The molecule has 0 bridgehead atoms. The van der Waals surface area contributed by atoms with Crippen molar-refractivity contribution in [2.24, 2.45) is 0 Å². The fourth-order valence-electron chi connectivity index (χ4n) is 2.23. The minimum absolute atomic E-state index is 0.334. The molecule has 0 aliphatic rings. The van der Waals surface area contributed by atoms with Crippen molar-refractivity contribution in [3.63, 3.8) is 0 Å². The molecule has 0 aliphatic heterocycles. The topological polar surface area (TPSA) is 73.1 Å². The number of aromatic nitrogens is 2. The van der Waals surface area contributed by atoms with Gasteiger partial charge in [0.2, 0.25) is 5.88 Å². The van der Waals surface area contributed by atoms with Crippen LogP contribution in [-0.2, 0) is 0 Å². The number of nitrogens with one attached hydrogen (secondary N) is 1. The van der Waals surface area contributed by atoms with Crippen molar-refractivity contribution >= 4 is 17.2 Å². The van der Waals surface area contributed by atoms with E-state index in [1.54, 1.807) is 0 Å². The summed E-state index contributed by atoms with van der Waals surface area (Å²) in [6.07, 6.45) is 1.43. The van der Waals surface area contributed by atoms with Crippen LogP contribution in [0.1, 0.15) is 16.7 Å². The molecule has 0 saturated heterocycles. The molecule has 5 heteroatoms. The highest BCUT2D eigenvalue weighted by molar-refractivity contribution is 5.72. The van der Waals surface area contributed by atoms with Crippen molar-refractivity contribution in [1.29, 1.82) is 0 Å². The maximum atomic E-state index is 6.16. The summed E-state index contributed by atoms with van der Waals surface area (Å²) in [5.41, 5.74) is 11.1. The van der Waals surface area contributed by atoms with Gasteiger partial charge in [-0.3, -0.25) is 0 Å². The van der Waals surface area contributed by atoms with E-state index in [-0.39, 0.29) is 0 Å². The lowest BCUT2D eigenvalue weighted by Crippen LogP contribution is -2.03. The molecule has 3 aromatic rings.